The molecule has 11 heteroatoms. The van der Waals surface area contributed by atoms with Gasteiger partial charge in [0, 0.05) is 63.4 Å². The van der Waals surface area contributed by atoms with Gasteiger partial charge in [-0.3, -0.25) is 9.69 Å². The molecule has 0 aliphatic carbocycles. The topological polar surface area (TPSA) is 81.8 Å². The Kier molecular flexibility index (Phi) is 9.26. The Labute approximate surface area is 226 Å². The maximum Gasteiger partial charge on any atom is 0.416 e. The number of alkyl halides is 3. The van der Waals surface area contributed by atoms with Crippen molar-refractivity contribution in [3.63, 3.8) is 0 Å². The molecule has 4 rings (SSSR count). The van der Waals surface area contributed by atoms with E-state index >= 15 is 0 Å². The van der Waals surface area contributed by atoms with Gasteiger partial charge < -0.3 is 25.6 Å². The minimum Gasteiger partial charge on any atom is -0.480 e. The first-order chi connectivity index (χ1) is 18.7. The minimum absolute atomic E-state index is 0.0660. The Bertz CT molecular complexity index is 1260. The highest BCUT2D eigenvalue weighted by Gasteiger charge is 2.30. The first-order valence-corrected chi connectivity index (χ1v) is 12.7. The van der Waals surface area contributed by atoms with E-state index in [2.05, 4.69) is 37.8 Å². The van der Waals surface area contributed by atoms with Gasteiger partial charge in [-0.15, -0.1) is 0 Å². The van der Waals surface area contributed by atoms with Crippen molar-refractivity contribution in [2.45, 2.75) is 12.7 Å². The standard InChI is InChI=1S/C28H33F3N6O2/c1-36-12-14-37(15-13-36)11-10-32-25-16-20(19-34-27(25)39-2)18-33-24-9-4-3-8-23(24)26(38)35-22-7-5-6-21(17-22)28(29,30)31/h3-9,16-17,19,32-33H,10-15,18H2,1-2H3,(H,35,38). The number of pyridine rings is 1. The minimum atomic E-state index is -4.50. The van der Waals surface area contributed by atoms with Gasteiger partial charge >= 0.3 is 6.18 Å². The van der Waals surface area contributed by atoms with Crippen LogP contribution in [0.2, 0.25) is 0 Å². The van der Waals surface area contributed by atoms with Crippen molar-refractivity contribution < 1.29 is 22.7 Å². The van der Waals surface area contributed by atoms with Gasteiger partial charge in [-0.2, -0.15) is 13.2 Å². The predicted molar refractivity (Wildman–Crippen MR) is 146 cm³/mol. The zero-order valence-corrected chi connectivity index (χ0v) is 22.0. The summed E-state index contributed by atoms with van der Waals surface area (Å²) in [6, 6.07) is 13.3. The molecule has 1 saturated heterocycles. The van der Waals surface area contributed by atoms with Crippen LogP contribution in [0.1, 0.15) is 21.5 Å². The summed E-state index contributed by atoms with van der Waals surface area (Å²) in [5.41, 5.74) is 1.74. The van der Waals surface area contributed by atoms with Gasteiger partial charge in [0.05, 0.1) is 23.9 Å². The average molecular weight is 543 g/mol. The second-order valence-electron chi connectivity index (χ2n) is 9.40. The fraction of sp³-hybridized carbons (Fsp3) is 0.357. The van der Waals surface area contributed by atoms with Crippen LogP contribution in [0.15, 0.2) is 60.8 Å². The Morgan fingerprint density at radius 1 is 1.00 bits per heavy atom. The lowest BCUT2D eigenvalue weighted by molar-refractivity contribution is -0.137. The van der Waals surface area contributed by atoms with Crippen molar-refractivity contribution in [1.82, 2.24) is 14.8 Å². The smallest absolute Gasteiger partial charge is 0.416 e. The Balaban J connectivity index is 1.39. The molecule has 1 aliphatic heterocycles. The molecule has 39 heavy (non-hydrogen) atoms. The highest BCUT2D eigenvalue weighted by Crippen LogP contribution is 2.31. The highest BCUT2D eigenvalue weighted by molar-refractivity contribution is 6.08. The molecule has 2 aromatic carbocycles. The number of anilines is 3. The van der Waals surface area contributed by atoms with Crippen molar-refractivity contribution in [3.05, 3.63) is 77.5 Å². The van der Waals surface area contributed by atoms with Gasteiger partial charge in [-0.05, 0) is 49.0 Å². The van der Waals surface area contributed by atoms with Crippen molar-refractivity contribution in [2.75, 3.05) is 69.4 Å². The number of hydrogen-bond donors (Lipinski definition) is 3. The maximum absolute atomic E-state index is 13.1. The zero-order chi connectivity index (χ0) is 27.8. The van der Waals surface area contributed by atoms with Gasteiger partial charge in [-0.25, -0.2) is 4.98 Å². The lowest BCUT2D eigenvalue weighted by Gasteiger charge is -2.32. The molecule has 1 aliphatic rings. The lowest BCUT2D eigenvalue weighted by Crippen LogP contribution is -2.45. The molecule has 0 saturated carbocycles. The molecular weight excluding hydrogens is 509 g/mol. The monoisotopic (exact) mass is 542 g/mol. The number of benzene rings is 2. The van der Waals surface area contributed by atoms with E-state index in [1.165, 1.54) is 12.1 Å². The number of methoxy groups -OCH3 is 1. The number of piperazine rings is 1. The average Bonchev–Trinajstić information content (AvgIpc) is 2.93. The van der Waals surface area contributed by atoms with E-state index in [0.717, 1.165) is 62.7 Å². The number of para-hydroxylation sites is 1. The summed E-state index contributed by atoms with van der Waals surface area (Å²) in [6.45, 7) is 6.23. The summed E-state index contributed by atoms with van der Waals surface area (Å²) in [7, 11) is 3.71. The molecule has 3 aromatic rings. The summed E-state index contributed by atoms with van der Waals surface area (Å²) in [4.78, 5) is 22.1. The molecule has 1 amide bonds. The molecule has 0 atom stereocenters. The zero-order valence-electron chi connectivity index (χ0n) is 22.0. The number of ether oxygens (including phenoxy) is 1. The lowest BCUT2D eigenvalue weighted by atomic mass is 10.1. The third-order valence-electron chi connectivity index (χ3n) is 6.54. The van der Waals surface area contributed by atoms with Crippen LogP contribution in [-0.2, 0) is 12.7 Å². The molecule has 8 nitrogen and oxygen atoms in total. The SMILES string of the molecule is COc1ncc(CNc2ccccc2C(=O)Nc2cccc(C(F)(F)F)c2)cc1NCCN1CCN(C)CC1. The Hall–Kier alpha value is -3.83. The van der Waals surface area contributed by atoms with Gasteiger partial charge in [0.1, 0.15) is 0 Å². The maximum atomic E-state index is 13.1. The molecule has 1 fully saturated rings. The second kappa shape index (κ2) is 12.8. The molecule has 0 spiro atoms. The number of nitrogens with zero attached hydrogens (tertiary/aromatic N) is 3. The molecule has 1 aromatic heterocycles. The Morgan fingerprint density at radius 2 is 1.77 bits per heavy atom. The van der Waals surface area contributed by atoms with E-state index in [9.17, 15) is 18.0 Å². The quantitative estimate of drug-likeness (QED) is 0.345. The number of carbonyl (C=O) groups excluding carboxylic acids is 1. The molecule has 2 heterocycles. The van der Waals surface area contributed by atoms with E-state index < -0.39 is 17.6 Å². The number of hydrogen-bond acceptors (Lipinski definition) is 7. The van der Waals surface area contributed by atoms with Crippen LogP contribution in [0.4, 0.5) is 30.2 Å². The Morgan fingerprint density at radius 3 is 2.51 bits per heavy atom. The van der Waals surface area contributed by atoms with E-state index in [1.807, 2.05) is 6.07 Å². The van der Waals surface area contributed by atoms with Crippen LogP contribution >= 0.6 is 0 Å². The van der Waals surface area contributed by atoms with Crippen LogP contribution in [0.25, 0.3) is 0 Å². The van der Waals surface area contributed by atoms with Crippen molar-refractivity contribution in [1.29, 1.82) is 0 Å². The molecule has 0 radical (unpaired) electrons. The number of amides is 1. The molecule has 0 bridgehead atoms. The van der Waals surface area contributed by atoms with E-state index in [4.69, 9.17) is 4.74 Å². The number of aromatic nitrogens is 1. The van der Waals surface area contributed by atoms with E-state index in [0.29, 0.717) is 23.7 Å². The third-order valence-corrected chi connectivity index (χ3v) is 6.54. The summed E-state index contributed by atoms with van der Waals surface area (Å²) in [6.07, 6.45) is -2.80. The van der Waals surface area contributed by atoms with Crippen molar-refractivity contribution in [2.24, 2.45) is 0 Å². The number of rotatable bonds is 10. The van der Waals surface area contributed by atoms with Gasteiger partial charge in [0.2, 0.25) is 5.88 Å². The van der Waals surface area contributed by atoms with E-state index in [1.54, 1.807) is 37.6 Å². The van der Waals surface area contributed by atoms with Gasteiger partial charge in [0.25, 0.3) is 5.91 Å². The first kappa shape index (κ1) is 28.2. The second-order valence-corrected chi connectivity index (χ2v) is 9.40. The number of nitrogens with one attached hydrogen (secondary N) is 3. The molecule has 3 N–H and O–H groups in total. The van der Waals surface area contributed by atoms with Crippen molar-refractivity contribution in [3.8, 4) is 5.88 Å². The third kappa shape index (κ3) is 7.84. The highest BCUT2D eigenvalue weighted by atomic mass is 19.4. The number of likely N-dealkylation sites (N-methyl/N-ethyl adjacent to an activating group) is 1. The first-order valence-electron chi connectivity index (χ1n) is 12.7. The normalized spacial score (nSPS) is 14.6. The summed E-state index contributed by atoms with van der Waals surface area (Å²) < 4.78 is 44.6. The largest absolute Gasteiger partial charge is 0.480 e. The van der Waals surface area contributed by atoms with Crippen LogP contribution in [-0.4, -0.2) is 74.1 Å². The summed E-state index contributed by atoms with van der Waals surface area (Å²) in [5.74, 6) is -0.0189. The van der Waals surface area contributed by atoms with Gasteiger partial charge in [-0.1, -0.05) is 18.2 Å². The van der Waals surface area contributed by atoms with Gasteiger partial charge in [0.15, 0.2) is 0 Å². The number of halogens is 3. The van der Waals surface area contributed by atoms with E-state index in [-0.39, 0.29) is 5.69 Å². The fourth-order valence-corrected chi connectivity index (χ4v) is 4.31. The fourth-order valence-electron chi connectivity index (χ4n) is 4.31. The predicted octanol–water partition coefficient (Wildman–Crippen LogP) is 4.63. The van der Waals surface area contributed by atoms with Crippen LogP contribution in [0.3, 0.4) is 0 Å². The van der Waals surface area contributed by atoms with Crippen molar-refractivity contribution >= 4 is 23.0 Å². The van der Waals surface area contributed by atoms with Crippen LogP contribution < -0.4 is 20.7 Å². The summed E-state index contributed by atoms with van der Waals surface area (Å²) in [5, 5.41) is 9.23. The molecule has 208 valence electrons. The molecular formula is C28H33F3N6O2. The number of carbonyl (C=O) groups is 1. The van der Waals surface area contributed by atoms with Crippen LogP contribution in [0.5, 0.6) is 5.88 Å². The van der Waals surface area contributed by atoms with Crippen LogP contribution in [0, 0.1) is 0 Å². The molecule has 0 unspecified atom stereocenters. The summed E-state index contributed by atoms with van der Waals surface area (Å²) >= 11 is 0.